The number of aryl methyl sites for hydroxylation is 1. The van der Waals surface area contributed by atoms with E-state index in [4.69, 9.17) is 4.74 Å². The maximum absolute atomic E-state index is 11.3. The normalized spacial score (nSPS) is 12.1. The summed E-state index contributed by atoms with van der Waals surface area (Å²) in [7, 11) is 2.80. The molecule has 1 aromatic rings. The van der Waals surface area contributed by atoms with Gasteiger partial charge in [-0.2, -0.15) is 0 Å². The largest absolute Gasteiger partial charge is 0.496 e. The number of carbonyl (C=O) groups excluding carboxylic acids is 1. The number of ether oxygens (including phenoxy) is 2. The molecule has 0 aliphatic rings. The van der Waals surface area contributed by atoms with Crippen molar-refractivity contribution >= 4 is 17.7 Å². The van der Waals surface area contributed by atoms with Crippen LogP contribution >= 0.6 is 11.8 Å². The average molecular weight is 256 g/mol. The highest BCUT2D eigenvalue weighted by Crippen LogP contribution is 2.32. The third-order valence-corrected chi connectivity index (χ3v) is 3.26. The van der Waals surface area contributed by atoms with E-state index in [9.17, 15) is 9.90 Å². The summed E-state index contributed by atoms with van der Waals surface area (Å²) in [6.07, 6.45) is 0.603. The highest BCUT2D eigenvalue weighted by atomic mass is 32.2. The monoisotopic (exact) mass is 256 g/mol. The molecular formula is C12H16O4S. The summed E-state index contributed by atoms with van der Waals surface area (Å²) in [4.78, 5) is 12.2. The topological polar surface area (TPSA) is 55.8 Å². The Morgan fingerprint density at radius 3 is 2.53 bits per heavy atom. The molecule has 0 amide bonds. The Labute approximate surface area is 105 Å². The SMILES string of the molecule is COC(=O)C(O)c1cc(OC)c(C)cc1SC. The van der Waals surface area contributed by atoms with Crippen molar-refractivity contribution in [3.05, 3.63) is 23.3 Å². The Bertz CT molecular complexity index is 417. The van der Waals surface area contributed by atoms with Gasteiger partial charge in [0.05, 0.1) is 14.2 Å². The van der Waals surface area contributed by atoms with Crippen LogP contribution in [0.2, 0.25) is 0 Å². The van der Waals surface area contributed by atoms with Crippen molar-refractivity contribution in [1.82, 2.24) is 0 Å². The molecule has 1 N–H and O–H groups in total. The van der Waals surface area contributed by atoms with E-state index in [1.165, 1.54) is 18.9 Å². The van der Waals surface area contributed by atoms with Crippen LogP contribution in [0.5, 0.6) is 5.75 Å². The molecule has 0 aliphatic heterocycles. The number of benzene rings is 1. The zero-order chi connectivity index (χ0) is 13.0. The van der Waals surface area contributed by atoms with Crippen molar-refractivity contribution in [3.8, 4) is 5.75 Å². The van der Waals surface area contributed by atoms with Gasteiger partial charge in [-0.1, -0.05) is 0 Å². The highest BCUT2D eigenvalue weighted by molar-refractivity contribution is 7.98. The number of hydrogen-bond acceptors (Lipinski definition) is 5. The van der Waals surface area contributed by atoms with E-state index in [1.54, 1.807) is 13.2 Å². The number of aliphatic hydroxyl groups excluding tert-OH is 1. The summed E-state index contributed by atoms with van der Waals surface area (Å²) in [5, 5.41) is 9.87. The van der Waals surface area contributed by atoms with E-state index in [1.807, 2.05) is 19.2 Å². The maximum atomic E-state index is 11.3. The Hall–Kier alpha value is -1.20. The lowest BCUT2D eigenvalue weighted by atomic mass is 10.1. The minimum atomic E-state index is -1.28. The second-order valence-corrected chi connectivity index (χ2v) is 4.34. The molecule has 0 radical (unpaired) electrons. The second kappa shape index (κ2) is 5.93. The van der Waals surface area contributed by atoms with Gasteiger partial charge in [-0.25, -0.2) is 4.79 Å². The van der Waals surface area contributed by atoms with Crippen LogP contribution < -0.4 is 4.74 Å². The van der Waals surface area contributed by atoms with E-state index in [0.717, 1.165) is 10.5 Å². The molecule has 0 saturated heterocycles. The summed E-state index contributed by atoms with van der Waals surface area (Å²) in [5.74, 6) is -0.0352. The lowest BCUT2D eigenvalue weighted by Crippen LogP contribution is -2.14. The van der Waals surface area contributed by atoms with E-state index in [2.05, 4.69) is 4.74 Å². The number of rotatable bonds is 4. The summed E-state index contributed by atoms with van der Waals surface area (Å²) in [6.45, 7) is 1.91. The summed E-state index contributed by atoms with van der Waals surface area (Å²) in [6, 6.07) is 3.55. The summed E-state index contributed by atoms with van der Waals surface area (Å²) in [5.41, 5.74) is 1.46. The summed E-state index contributed by atoms with van der Waals surface area (Å²) < 4.78 is 9.71. The molecule has 94 valence electrons. The standard InChI is InChI=1S/C12H16O4S/c1-7-5-10(17-4)8(6-9(7)15-2)11(13)12(14)16-3/h5-6,11,13H,1-4H3. The van der Waals surface area contributed by atoms with Gasteiger partial charge in [0.15, 0.2) is 6.10 Å². The summed E-state index contributed by atoms with van der Waals surface area (Å²) >= 11 is 1.46. The molecule has 0 spiro atoms. The number of methoxy groups -OCH3 is 2. The minimum absolute atomic E-state index is 0.506. The Kier molecular flexibility index (Phi) is 4.84. The Balaban J connectivity index is 3.25. The van der Waals surface area contributed by atoms with Crippen LogP contribution in [0.3, 0.4) is 0 Å². The van der Waals surface area contributed by atoms with Gasteiger partial charge in [0.2, 0.25) is 0 Å². The van der Waals surface area contributed by atoms with E-state index in [0.29, 0.717) is 11.3 Å². The van der Waals surface area contributed by atoms with Gasteiger partial charge in [0, 0.05) is 10.5 Å². The Morgan fingerprint density at radius 1 is 1.41 bits per heavy atom. The number of hydrogen-bond donors (Lipinski definition) is 1. The maximum Gasteiger partial charge on any atom is 0.339 e. The van der Waals surface area contributed by atoms with Crippen molar-refractivity contribution in [2.45, 2.75) is 17.9 Å². The van der Waals surface area contributed by atoms with Gasteiger partial charge < -0.3 is 14.6 Å². The molecule has 0 bridgehead atoms. The minimum Gasteiger partial charge on any atom is -0.496 e. The third kappa shape index (κ3) is 2.92. The van der Waals surface area contributed by atoms with E-state index < -0.39 is 12.1 Å². The lowest BCUT2D eigenvalue weighted by molar-refractivity contribution is -0.150. The fraction of sp³-hybridized carbons (Fsp3) is 0.417. The molecule has 5 heteroatoms. The van der Waals surface area contributed by atoms with Crippen LogP contribution in [0.1, 0.15) is 17.2 Å². The van der Waals surface area contributed by atoms with Crippen molar-refractivity contribution in [2.24, 2.45) is 0 Å². The molecule has 17 heavy (non-hydrogen) atoms. The quantitative estimate of drug-likeness (QED) is 0.659. The average Bonchev–Trinajstić information content (AvgIpc) is 2.36. The molecule has 4 nitrogen and oxygen atoms in total. The molecule has 0 aromatic heterocycles. The van der Waals surface area contributed by atoms with Gasteiger partial charge >= 0.3 is 5.97 Å². The van der Waals surface area contributed by atoms with Gasteiger partial charge in [0.1, 0.15) is 5.75 Å². The molecule has 1 rings (SSSR count). The molecule has 0 saturated carbocycles. The molecule has 1 atom stereocenters. The first kappa shape index (κ1) is 13.9. The van der Waals surface area contributed by atoms with Crippen molar-refractivity contribution in [3.63, 3.8) is 0 Å². The van der Waals surface area contributed by atoms with E-state index >= 15 is 0 Å². The van der Waals surface area contributed by atoms with Crippen molar-refractivity contribution in [1.29, 1.82) is 0 Å². The van der Waals surface area contributed by atoms with Crippen LogP contribution in [-0.2, 0) is 9.53 Å². The fourth-order valence-corrected chi connectivity index (χ4v) is 2.23. The molecule has 1 aromatic carbocycles. The van der Waals surface area contributed by atoms with Crippen LogP contribution in [-0.4, -0.2) is 31.6 Å². The first-order chi connectivity index (χ1) is 8.04. The number of aliphatic hydroxyl groups is 1. The third-order valence-electron chi connectivity index (χ3n) is 2.47. The van der Waals surface area contributed by atoms with Crippen LogP contribution in [0, 0.1) is 6.92 Å². The lowest BCUT2D eigenvalue weighted by Gasteiger charge is -2.15. The smallest absolute Gasteiger partial charge is 0.339 e. The van der Waals surface area contributed by atoms with Gasteiger partial charge in [0.25, 0.3) is 0 Å². The van der Waals surface area contributed by atoms with Gasteiger partial charge in [-0.3, -0.25) is 0 Å². The molecular weight excluding hydrogens is 240 g/mol. The predicted molar refractivity (Wildman–Crippen MR) is 66.5 cm³/mol. The number of thioether (sulfide) groups is 1. The van der Waals surface area contributed by atoms with Crippen LogP contribution in [0.25, 0.3) is 0 Å². The number of esters is 1. The zero-order valence-corrected chi connectivity index (χ0v) is 11.1. The molecule has 0 fully saturated rings. The van der Waals surface area contributed by atoms with Crippen molar-refractivity contribution < 1.29 is 19.4 Å². The highest BCUT2D eigenvalue weighted by Gasteiger charge is 2.22. The Morgan fingerprint density at radius 2 is 2.06 bits per heavy atom. The fourth-order valence-electron chi connectivity index (χ4n) is 1.53. The first-order valence-electron chi connectivity index (χ1n) is 5.03. The molecule has 0 aliphatic carbocycles. The molecule has 0 heterocycles. The van der Waals surface area contributed by atoms with E-state index in [-0.39, 0.29) is 0 Å². The van der Waals surface area contributed by atoms with Crippen LogP contribution in [0.15, 0.2) is 17.0 Å². The first-order valence-corrected chi connectivity index (χ1v) is 6.26. The number of carbonyl (C=O) groups is 1. The molecule has 1 unspecified atom stereocenters. The van der Waals surface area contributed by atoms with Gasteiger partial charge in [-0.05, 0) is 30.9 Å². The second-order valence-electron chi connectivity index (χ2n) is 3.49. The zero-order valence-electron chi connectivity index (χ0n) is 10.3. The predicted octanol–water partition coefficient (Wildman–Crippen LogP) is 1.93. The van der Waals surface area contributed by atoms with Crippen LogP contribution in [0.4, 0.5) is 0 Å². The van der Waals surface area contributed by atoms with Gasteiger partial charge in [-0.15, -0.1) is 11.8 Å². The van der Waals surface area contributed by atoms with Crippen molar-refractivity contribution in [2.75, 3.05) is 20.5 Å².